The summed E-state index contributed by atoms with van der Waals surface area (Å²) >= 11 is 0. The van der Waals surface area contributed by atoms with E-state index in [-0.39, 0.29) is 19.4 Å². The van der Waals surface area contributed by atoms with Crippen molar-refractivity contribution < 1.29 is 27.8 Å². The molecule has 0 spiro atoms. The number of hydrogen-bond acceptors (Lipinski definition) is 3. The molecular formula is C11H17F3O3. The lowest BCUT2D eigenvalue weighted by molar-refractivity contribution is -0.281. The minimum atomic E-state index is -4.98. The zero-order valence-corrected chi connectivity index (χ0v) is 9.72. The number of rotatable bonds is 3. The van der Waals surface area contributed by atoms with Crippen LogP contribution in [0.3, 0.4) is 0 Å². The van der Waals surface area contributed by atoms with Crippen LogP contribution in [0.2, 0.25) is 0 Å². The maximum absolute atomic E-state index is 12.9. The quantitative estimate of drug-likeness (QED) is 0.787. The van der Waals surface area contributed by atoms with Crippen molar-refractivity contribution in [3.05, 3.63) is 0 Å². The molecule has 0 bridgehead atoms. The molecule has 0 aromatic heterocycles. The van der Waals surface area contributed by atoms with Gasteiger partial charge in [-0.25, -0.2) is 4.79 Å². The summed E-state index contributed by atoms with van der Waals surface area (Å²) in [5.41, 5.74) is -3.34. The summed E-state index contributed by atoms with van der Waals surface area (Å²) in [5, 5.41) is 9.77. The van der Waals surface area contributed by atoms with Crippen LogP contribution in [0.15, 0.2) is 0 Å². The maximum atomic E-state index is 12.9. The highest BCUT2D eigenvalue weighted by Gasteiger charge is 2.64. The molecule has 0 radical (unpaired) electrons. The fraction of sp³-hybridized carbons (Fsp3) is 0.909. The number of alkyl halides is 3. The SMILES string of the molecule is CCOC(=O)C(O)(C1CCCCC1)C(F)(F)F. The van der Waals surface area contributed by atoms with E-state index in [2.05, 4.69) is 4.74 Å². The van der Waals surface area contributed by atoms with Gasteiger partial charge in [0.1, 0.15) is 0 Å². The molecule has 0 saturated heterocycles. The molecule has 1 N–H and O–H groups in total. The lowest BCUT2D eigenvalue weighted by Crippen LogP contribution is -2.58. The number of esters is 1. The van der Waals surface area contributed by atoms with Gasteiger partial charge >= 0.3 is 12.1 Å². The first-order valence-electron chi connectivity index (χ1n) is 5.80. The van der Waals surface area contributed by atoms with Crippen molar-refractivity contribution in [2.45, 2.75) is 50.8 Å². The molecule has 0 aliphatic heterocycles. The van der Waals surface area contributed by atoms with E-state index in [1.807, 2.05) is 0 Å². The molecule has 0 aromatic rings. The molecule has 17 heavy (non-hydrogen) atoms. The fourth-order valence-electron chi connectivity index (χ4n) is 2.28. The van der Waals surface area contributed by atoms with Gasteiger partial charge in [0, 0.05) is 5.92 Å². The number of halogens is 3. The van der Waals surface area contributed by atoms with Gasteiger partial charge in [-0.15, -0.1) is 0 Å². The van der Waals surface area contributed by atoms with E-state index in [4.69, 9.17) is 0 Å². The largest absolute Gasteiger partial charge is 0.464 e. The van der Waals surface area contributed by atoms with E-state index < -0.39 is 23.7 Å². The minimum absolute atomic E-state index is 0.177. The van der Waals surface area contributed by atoms with Crippen LogP contribution < -0.4 is 0 Å². The molecule has 0 amide bonds. The van der Waals surface area contributed by atoms with Crippen LogP contribution in [0.25, 0.3) is 0 Å². The van der Waals surface area contributed by atoms with Gasteiger partial charge in [0.25, 0.3) is 5.60 Å². The lowest BCUT2D eigenvalue weighted by Gasteiger charge is -2.37. The van der Waals surface area contributed by atoms with Crippen molar-refractivity contribution >= 4 is 5.97 Å². The summed E-state index contributed by atoms with van der Waals surface area (Å²) < 4.78 is 43.1. The number of aliphatic hydroxyl groups is 1. The second-order valence-corrected chi connectivity index (χ2v) is 4.32. The second kappa shape index (κ2) is 5.25. The zero-order valence-electron chi connectivity index (χ0n) is 9.72. The Balaban J connectivity index is 2.96. The molecule has 0 heterocycles. The van der Waals surface area contributed by atoms with Crippen LogP contribution in [0.5, 0.6) is 0 Å². The Morgan fingerprint density at radius 2 is 1.82 bits per heavy atom. The number of hydrogen-bond donors (Lipinski definition) is 1. The first kappa shape index (κ1) is 14.3. The smallest absolute Gasteiger partial charge is 0.428 e. The summed E-state index contributed by atoms with van der Waals surface area (Å²) in [6.45, 7) is 1.24. The second-order valence-electron chi connectivity index (χ2n) is 4.32. The highest BCUT2D eigenvalue weighted by atomic mass is 19.4. The van der Waals surface area contributed by atoms with E-state index in [1.165, 1.54) is 6.92 Å². The van der Waals surface area contributed by atoms with E-state index in [0.29, 0.717) is 12.8 Å². The molecule has 0 aromatic carbocycles. The monoisotopic (exact) mass is 254 g/mol. The van der Waals surface area contributed by atoms with Crippen molar-refractivity contribution in [3.8, 4) is 0 Å². The molecule has 1 saturated carbocycles. The number of carbonyl (C=O) groups is 1. The van der Waals surface area contributed by atoms with Gasteiger partial charge in [0.2, 0.25) is 0 Å². The molecule has 3 nitrogen and oxygen atoms in total. The Labute approximate surface area is 97.9 Å². The zero-order chi connectivity index (χ0) is 13.1. The Hall–Kier alpha value is -0.780. The van der Waals surface area contributed by atoms with Crippen molar-refractivity contribution in [1.82, 2.24) is 0 Å². The van der Waals surface area contributed by atoms with Gasteiger partial charge in [-0.2, -0.15) is 13.2 Å². The third-order valence-corrected chi connectivity index (χ3v) is 3.21. The van der Waals surface area contributed by atoms with E-state index in [1.54, 1.807) is 0 Å². The van der Waals surface area contributed by atoms with Gasteiger partial charge in [0.15, 0.2) is 0 Å². The highest BCUT2D eigenvalue weighted by molar-refractivity contribution is 5.80. The Morgan fingerprint density at radius 3 is 2.24 bits per heavy atom. The third kappa shape index (κ3) is 2.73. The number of carbonyl (C=O) groups excluding carboxylic acids is 1. The fourth-order valence-corrected chi connectivity index (χ4v) is 2.28. The molecule has 6 heteroatoms. The van der Waals surface area contributed by atoms with Crippen LogP contribution in [0.4, 0.5) is 13.2 Å². The Morgan fingerprint density at radius 1 is 1.29 bits per heavy atom. The first-order chi connectivity index (χ1) is 7.84. The van der Waals surface area contributed by atoms with E-state index in [0.717, 1.165) is 6.42 Å². The van der Waals surface area contributed by atoms with Gasteiger partial charge < -0.3 is 9.84 Å². The van der Waals surface area contributed by atoms with E-state index in [9.17, 15) is 23.1 Å². The molecule has 100 valence electrons. The summed E-state index contributed by atoms with van der Waals surface area (Å²) in [6, 6.07) is 0. The highest BCUT2D eigenvalue weighted by Crippen LogP contribution is 2.43. The van der Waals surface area contributed by atoms with Gasteiger partial charge in [-0.1, -0.05) is 19.3 Å². The standard InChI is InChI=1S/C11H17F3O3/c1-2-17-9(15)10(16,11(12,13)14)8-6-4-3-5-7-8/h8,16H,2-7H2,1H3. The van der Waals surface area contributed by atoms with Gasteiger partial charge in [0.05, 0.1) is 6.61 Å². The summed E-state index contributed by atoms with van der Waals surface area (Å²) in [5.74, 6) is -2.66. The average Bonchev–Trinajstić information content (AvgIpc) is 2.28. The van der Waals surface area contributed by atoms with Crippen LogP contribution in [0, 0.1) is 5.92 Å². The average molecular weight is 254 g/mol. The maximum Gasteiger partial charge on any atom is 0.428 e. The first-order valence-corrected chi connectivity index (χ1v) is 5.80. The molecule has 1 aliphatic rings. The van der Waals surface area contributed by atoms with Crippen molar-refractivity contribution in [2.75, 3.05) is 6.61 Å². The third-order valence-electron chi connectivity index (χ3n) is 3.21. The molecule has 1 atom stereocenters. The minimum Gasteiger partial charge on any atom is -0.464 e. The van der Waals surface area contributed by atoms with E-state index >= 15 is 0 Å². The van der Waals surface area contributed by atoms with Gasteiger partial charge in [-0.05, 0) is 19.8 Å². The molecule has 1 aliphatic carbocycles. The van der Waals surface area contributed by atoms with Crippen molar-refractivity contribution in [3.63, 3.8) is 0 Å². The van der Waals surface area contributed by atoms with Crippen LogP contribution >= 0.6 is 0 Å². The topological polar surface area (TPSA) is 46.5 Å². The van der Waals surface area contributed by atoms with Crippen LogP contribution in [0.1, 0.15) is 39.0 Å². The van der Waals surface area contributed by atoms with Crippen molar-refractivity contribution in [1.29, 1.82) is 0 Å². The molecular weight excluding hydrogens is 237 g/mol. The van der Waals surface area contributed by atoms with Gasteiger partial charge in [-0.3, -0.25) is 0 Å². The van der Waals surface area contributed by atoms with Crippen LogP contribution in [-0.4, -0.2) is 29.5 Å². The predicted octanol–water partition coefficient (Wildman–Crippen LogP) is 2.42. The Bertz CT molecular complexity index is 272. The summed E-state index contributed by atoms with van der Waals surface area (Å²) in [4.78, 5) is 11.4. The van der Waals surface area contributed by atoms with Crippen molar-refractivity contribution in [2.24, 2.45) is 5.92 Å². The molecule has 1 unspecified atom stereocenters. The summed E-state index contributed by atoms with van der Waals surface area (Å²) in [6.07, 6.45) is -2.54. The summed E-state index contributed by atoms with van der Waals surface area (Å²) in [7, 11) is 0. The number of ether oxygens (including phenoxy) is 1. The van der Waals surface area contributed by atoms with Crippen LogP contribution in [-0.2, 0) is 9.53 Å². The normalized spacial score (nSPS) is 21.9. The molecule has 1 rings (SSSR count). The molecule has 1 fully saturated rings. The Kier molecular flexibility index (Phi) is 4.41. The lowest BCUT2D eigenvalue weighted by atomic mass is 9.76. The predicted molar refractivity (Wildman–Crippen MR) is 54.2 cm³/mol.